The van der Waals surface area contributed by atoms with Crippen LogP contribution in [0.2, 0.25) is 0 Å². The molecule has 2 aromatic rings. The zero-order chi connectivity index (χ0) is 13.7. The van der Waals surface area contributed by atoms with Gasteiger partial charge in [-0.25, -0.2) is 0 Å². The fourth-order valence-electron chi connectivity index (χ4n) is 2.09. The molecule has 0 aliphatic rings. The highest BCUT2D eigenvalue weighted by Crippen LogP contribution is 2.17. The zero-order valence-electron chi connectivity index (χ0n) is 11.6. The van der Waals surface area contributed by atoms with Crippen LogP contribution in [0.3, 0.4) is 0 Å². The third-order valence-electron chi connectivity index (χ3n) is 3.17. The van der Waals surface area contributed by atoms with Crippen molar-refractivity contribution in [3.05, 3.63) is 36.0 Å². The Bertz CT molecular complexity index is 577. The van der Waals surface area contributed by atoms with Crippen LogP contribution < -0.4 is 5.32 Å². The van der Waals surface area contributed by atoms with Crippen LogP contribution in [0.4, 0.5) is 0 Å². The lowest BCUT2D eigenvalue weighted by molar-refractivity contribution is 0.398. The molecule has 2 rings (SSSR count). The number of benzene rings is 1. The monoisotopic (exact) mass is 256 g/mol. The average Bonchev–Trinajstić information content (AvgIpc) is 2.80. The van der Waals surface area contributed by atoms with E-state index in [1.807, 2.05) is 18.2 Å². The van der Waals surface area contributed by atoms with E-state index >= 15 is 0 Å². The fourth-order valence-corrected chi connectivity index (χ4v) is 2.09. The second kappa shape index (κ2) is 6.37. The maximum Gasteiger partial charge on any atom is 0.0991 e. The fraction of sp³-hybridized carbons (Fsp3) is 0.400. The molecule has 4 nitrogen and oxygen atoms in total. The van der Waals surface area contributed by atoms with E-state index in [1.54, 1.807) is 0 Å². The van der Waals surface area contributed by atoms with Crippen molar-refractivity contribution in [3.63, 3.8) is 0 Å². The first kappa shape index (κ1) is 13.6. The molecular weight excluding hydrogens is 236 g/mol. The second-order valence-electron chi connectivity index (χ2n) is 4.95. The Morgan fingerprint density at radius 3 is 2.84 bits per heavy atom. The number of hydrogen-bond acceptors (Lipinski definition) is 3. The molecular formula is C15H20N4. The second-order valence-corrected chi connectivity index (χ2v) is 4.95. The summed E-state index contributed by atoms with van der Waals surface area (Å²) in [5.74, 6) is 0. The smallest absolute Gasteiger partial charge is 0.0991 e. The zero-order valence-corrected chi connectivity index (χ0v) is 11.6. The van der Waals surface area contributed by atoms with Gasteiger partial charge < -0.3 is 14.8 Å². The van der Waals surface area contributed by atoms with Crippen molar-refractivity contribution in [1.82, 2.24) is 14.8 Å². The van der Waals surface area contributed by atoms with Gasteiger partial charge in [0.1, 0.15) is 0 Å². The molecule has 1 aromatic heterocycles. The number of aromatic nitrogens is 1. The van der Waals surface area contributed by atoms with Gasteiger partial charge in [-0.1, -0.05) is 0 Å². The topological polar surface area (TPSA) is 44.0 Å². The van der Waals surface area contributed by atoms with E-state index in [2.05, 4.69) is 47.2 Å². The van der Waals surface area contributed by atoms with E-state index in [4.69, 9.17) is 5.26 Å². The maximum atomic E-state index is 8.88. The van der Waals surface area contributed by atoms with E-state index in [0.29, 0.717) is 5.56 Å². The third-order valence-corrected chi connectivity index (χ3v) is 3.17. The summed E-state index contributed by atoms with van der Waals surface area (Å²) in [7, 11) is 4.15. The molecule has 4 heteroatoms. The summed E-state index contributed by atoms with van der Waals surface area (Å²) in [5, 5.41) is 13.4. The highest BCUT2D eigenvalue weighted by Gasteiger charge is 2.01. The van der Waals surface area contributed by atoms with Crippen LogP contribution in [0.1, 0.15) is 5.56 Å². The molecule has 0 atom stereocenters. The van der Waals surface area contributed by atoms with Gasteiger partial charge in [-0.05, 0) is 38.4 Å². The molecule has 0 unspecified atom stereocenters. The minimum absolute atomic E-state index is 0.717. The lowest BCUT2D eigenvalue weighted by atomic mass is 10.2. The Balaban J connectivity index is 1.93. The molecule has 0 saturated carbocycles. The first-order chi connectivity index (χ1) is 9.20. The first-order valence-corrected chi connectivity index (χ1v) is 6.55. The Morgan fingerprint density at radius 2 is 2.11 bits per heavy atom. The van der Waals surface area contributed by atoms with Crippen molar-refractivity contribution in [2.75, 3.05) is 33.7 Å². The molecule has 1 heterocycles. The normalized spacial score (nSPS) is 11.1. The van der Waals surface area contributed by atoms with Gasteiger partial charge in [0.15, 0.2) is 0 Å². The highest BCUT2D eigenvalue weighted by molar-refractivity contribution is 5.81. The van der Waals surface area contributed by atoms with Gasteiger partial charge in [0.25, 0.3) is 0 Å². The molecule has 0 aliphatic carbocycles. The summed E-state index contributed by atoms with van der Waals surface area (Å²) in [6.45, 7) is 3.96. The van der Waals surface area contributed by atoms with Crippen molar-refractivity contribution < 1.29 is 0 Å². The number of nitriles is 1. The Hall–Kier alpha value is -1.83. The minimum Gasteiger partial charge on any atom is -0.346 e. The number of nitrogens with zero attached hydrogens (tertiary/aromatic N) is 3. The van der Waals surface area contributed by atoms with Crippen molar-refractivity contribution in [2.45, 2.75) is 6.54 Å². The highest BCUT2D eigenvalue weighted by atomic mass is 15.1. The van der Waals surface area contributed by atoms with E-state index in [-0.39, 0.29) is 0 Å². The lowest BCUT2D eigenvalue weighted by Gasteiger charge is -2.11. The van der Waals surface area contributed by atoms with Crippen molar-refractivity contribution in [2.24, 2.45) is 0 Å². The number of likely N-dealkylation sites (N-methyl/N-ethyl adjacent to an activating group) is 1. The lowest BCUT2D eigenvalue weighted by Crippen LogP contribution is -2.28. The Labute approximate surface area is 114 Å². The van der Waals surface area contributed by atoms with Gasteiger partial charge in [0.05, 0.1) is 11.6 Å². The molecule has 0 fully saturated rings. The molecule has 0 saturated heterocycles. The molecule has 0 spiro atoms. The third kappa shape index (κ3) is 3.57. The molecule has 0 amide bonds. The number of hydrogen-bond donors (Lipinski definition) is 1. The molecule has 1 aromatic carbocycles. The maximum absolute atomic E-state index is 8.88. The summed E-state index contributed by atoms with van der Waals surface area (Å²) in [6, 6.07) is 10.1. The van der Waals surface area contributed by atoms with Gasteiger partial charge in [0.2, 0.25) is 0 Å². The van der Waals surface area contributed by atoms with Crippen molar-refractivity contribution >= 4 is 10.9 Å². The van der Waals surface area contributed by atoms with Crippen molar-refractivity contribution in [3.8, 4) is 6.07 Å². The SMILES string of the molecule is CN(C)CCNCCn1ccc2cc(C#N)ccc21. The van der Waals surface area contributed by atoms with Gasteiger partial charge in [-0.2, -0.15) is 5.26 Å². The molecule has 0 bridgehead atoms. The van der Waals surface area contributed by atoms with Crippen LogP contribution in [0.5, 0.6) is 0 Å². The Kier molecular flexibility index (Phi) is 4.56. The van der Waals surface area contributed by atoms with Crippen LogP contribution in [0.15, 0.2) is 30.5 Å². The van der Waals surface area contributed by atoms with Crippen molar-refractivity contribution in [1.29, 1.82) is 5.26 Å². The molecule has 0 radical (unpaired) electrons. The van der Waals surface area contributed by atoms with Crippen LogP contribution in [0, 0.1) is 11.3 Å². The van der Waals surface area contributed by atoms with E-state index in [0.717, 1.165) is 31.6 Å². The summed E-state index contributed by atoms with van der Waals surface area (Å²) >= 11 is 0. The standard InChI is InChI=1S/C15H20N4/c1-18(2)9-6-17-7-10-19-8-5-14-11-13(12-16)3-4-15(14)19/h3-5,8,11,17H,6-7,9-10H2,1-2H3. The summed E-state index contributed by atoms with van der Waals surface area (Å²) in [6.07, 6.45) is 2.08. The minimum atomic E-state index is 0.717. The number of rotatable bonds is 6. The number of nitrogens with one attached hydrogen (secondary N) is 1. The van der Waals surface area contributed by atoms with Gasteiger partial charge in [-0.15, -0.1) is 0 Å². The Morgan fingerprint density at radius 1 is 1.26 bits per heavy atom. The van der Waals surface area contributed by atoms with Crippen LogP contribution >= 0.6 is 0 Å². The quantitative estimate of drug-likeness (QED) is 0.800. The predicted molar refractivity (Wildman–Crippen MR) is 78.1 cm³/mol. The van der Waals surface area contributed by atoms with E-state index < -0.39 is 0 Å². The van der Waals surface area contributed by atoms with Gasteiger partial charge in [0, 0.05) is 43.3 Å². The number of fused-ring (bicyclic) bond motifs is 1. The first-order valence-electron chi connectivity index (χ1n) is 6.55. The molecule has 19 heavy (non-hydrogen) atoms. The van der Waals surface area contributed by atoms with E-state index in [1.165, 1.54) is 5.52 Å². The van der Waals surface area contributed by atoms with Gasteiger partial charge >= 0.3 is 0 Å². The molecule has 0 aliphatic heterocycles. The van der Waals surface area contributed by atoms with Crippen LogP contribution in [-0.2, 0) is 6.54 Å². The molecule has 100 valence electrons. The average molecular weight is 256 g/mol. The summed E-state index contributed by atoms with van der Waals surface area (Å²) < 4.78 is 2.22. The van der Waals surface area contributed by atoms with Gasteiger partial charge in [-0.3, -0.25) is 0 Å². The summed E-state index contributed by atoms with van der Waals surface area (Å²) in [5.41, 5.74) is 1.91. The van der Waals surface area contributed by atoms with Crippen LogP contribution in [0.25, 0.3) is 10.9 Å². The summed E-state index contributed by atoms with van der Waals surface area (Å²) in [4.78, 5) is 2.17. The molecule has 1 N–H and O–H groups in total. The predicted octanol–water partition coefficient (Wildman–Crippen LogP) is 1.66. The largest absolute Gasteiger partial charge is 0.346 e. The van der Waals surface area contributed by atoms with Crippen LogP contribution in [-0.4, -0.2) is 43.2 Å². The van der Waals surface area contributed by atoms with E-state index in [9.17, 15) is 0 Å².